The predicted octanol–water partition coefficient (Wildman–Crippen LogP) is 3.89. The highest BCUT2D eigenvalue weighted by atomic mass is 16.5. The summed E-state index contributed by atoms with van der Waals surface area (Å²) in [6.45, 7) is 3.70. The molecule has 0 bridgehead atoms. The van der Waals surface area contributed by atoms with Gasteiger partial charge in [-0.15, -0.1) is 0 Å². The van der Waals surface area contributed by atoms with Gasteiger partial charge in [-0.1, -0.05) is 6.07 Å². The Hall–Kier alpha value is -1.02. The van der Waals surface area contributed by atoms with Crippen LogP contribution in [0.1, 0.15) is 56.1 Å². The number of rotatable bonds is 1. The number of hydrogen-bond acceptors (Lipinski definition) is 2. The number of piperidine rings is 1. The van der Waals surface area contributed by atoms with E-state index in [0.29, 0.717) is 5.54 Å². The lowest BCUT2D eigenvalue weighted by Gasteiger charge is -2.54. The average molecular weight is 285 g/mol. The molecule has 1 saturated heterocycles. The Kier molecular flexibility index (Phi) is 3.25. The van der Waals surface area contributed by atoms with E-state index in [-0.39, 0.29) is 0 Å². The molecule has 0 unspecified atom stereocenters. The molecule has 0 spiro atoms. The summed E-state index contributed by atoms with van der Waals surface area (Å²) in [5.74, 6) is 3.57. The second-order valence-electron chi connectivity index (χ2n) is 7.51. The number of benzene rings is 1. The fourth-order valence-electron chi connectivity index (χ4n) is 5.45. The second kappa shape index (κ2) is 5.01. The van der Waals surface area contributed by atoms with Gasteiger partial charge in [0, 0.05) is 5.54 Å². The first-order chi connectivity index (χ1) is 10.2. The summed E-state index contributed by atoms with van der Waals surface area (Å²) in [6, 6.07) is 6.79. The van der Waals surface area contributed by atoms with E-state index in [4.69, 9.17) is 4.74 Å². The third-order valence-electron chi connectivity index (χ3n) is 6.54. The molecular formula is C19H27NO. The molecule has 1 aromatic carbocycles. The first kappa shape index (κ1) is 13.6. The largest absolute Gasteiger partial charge is 0.497 e. The third kappa shape index (κ3) is 2.11. The summed E-state index contributed by atoms with van der Waals surface area (Å²) in [4.78, 5) is 0. The van der Waals surface area contributed by atoms with Crippen molar-refractivity contribution in [3.8, 4) is 5.75 Å². The molecular weight excluding hydrogens is 258 g/mol. The number of fused-ring (bicyclic) bond motifs is 5. The normalized spacial score (nSPS) is 38.1. The van der Waals surface area contributed by atoms with Crippen LogP contribution in [0.5, 0.6) is 5.75 Å². The molecule has 3 aliphatic rings. The van der Waals surface area contributed by atoms with E-state index in [1.165, 1.54) is 45.1 Å². The monoisotopic (exact) mass is 285 g/mol. The molecule has 1 heterocycles. The molecule has 2 heteroatoms. The summed E-state index contributed by atoms with van der Waals surface area (Å²) in [6.07, 6.45) is 8.08. The van der Waals surface area contributed by atoms with Crippen LogP contribution in [-0.2, 0) is 6.42 Å². The summed E-state index contributed by atoms with van der Waals surface area (Å²) in [5.41, 5.74) is 3.58. The molecule has 2 aliphatic carbocycles. The molecule has 1 aromatic rings. The van der Waals surface area contributed by atoms with Crippen LogP contribution in [0.2, 0.25) is 0 Å². The van der Waals surface area contributed by atoms with Gasteiger partial charge in [0.1, 0.15) is 5.75 Å². The molecule has 1 saturated carbocycles. The Morgan fingerprint density at radius 2 is 2.14 bits per heavy atom. The maximum atomic E-state index is 5.41. The average Bonchev–Trinajstić information content (AvgIpc) is 2.53. The Bertz CT molecular complexity index is 540. The summed E-state index contributed by atoms with van der Waals surface area (Å²) in [7, 11) is 1.77. The van der Waals surface area contributed by atoms with Crippen LogP contribution >= 0.6 is 0 Å². The van der Waals surface area contributed by atoms with Gasteiger partial charge in [-0.25, -0.2) is 0 Å². The molecule has 0 radical (unpaired) electrons. The fourth-order valence-corrected chi connectivity index (χ4v) is 5.45. The lowest BCUT2D eigenvalue weighted by molar-refractivity contribution is 0.0401. The van der Waals surface area contributed by atoms with Gasteiger partial charge < -0.3 is 10.1 Å². The first-order valence-corrected chi connectivity index (χ1v) is 8.63. The third-order valence-corrected chi connectivity index (χ3v) is 6.54. The van der Waals surface area contributed by atoms with Crippen LogP contribution in [0, 0.1) is 11.8 Å². The van der Waals surface area contributed by atoms with Crippen molar-refractivity contribution in [2.24, 2.45) is 11.8 Å². The van der Waals surface area contributed by atoms with Gasteiger partial charge in [0.2, 0.25) is 0 Å². The van der Waals surface area contributed by atoms with E-state index in [9.17, 15) is 0 Å². The smallest absolute Gasteiger partial charge is 0.119 e. The molecule has 4 rings (SSSR count). The van der Waals surface area contributed by atoms with E-state index in [1.807, 2.05) is 0 Å². The molecule has 114 valence electrons. The lowest BCUT2D eigenvalue weighted by Crippen LogP contribution is -2.58. The zero-order chi connectivity index (χ0) is 14.4. The van der Waals surface area contributed by atoms with Crippen LogP contribution in [-0.4, -0.2) is 19.2 Å². The van der Waals surface area contributed by atoms with Crippen molar-refractivity contribution < 1.29 is 4.74 Å². The molecule has 0 amide bonds. The van der Waals surface area contributed by atoms with Gasteiger partial charge in [-0.05, 0) is 93.0 Å². The van der Waals surface area contributed by atoms with Crippen LogP contribution in [0.3, 0.4) is 0 Å². The molecule has 4 atom stereocenters. The Morgan fingerprint density at radius 3 is 3.00 bits per heavy atom. The van der Waals surface area contributed by atoms with Crippen molar-refractivity contribution in [3.63, 3.8) is 0 Å². The Labute approximate surface area is 128 Å². The van der Waals surface area contributed by atoms with Gasteiger partial charge in [0.05, 0.1) is 7.11 Å². The summed E-state index contributed by atoms with van der Waals surface area (Å²) < 4.78 is 5.41. The predicted molar refractivity (Wildman–Crippen MR) is 85.9 cm³/mol. The molecule has 1 N–H and O–H groups in total. The Morgan fingerprint density at radius 1 is 1.24 bits per heavy atom. The van der Waals surface area contributed by atoms with Gasteiger partial charge in [0.15, 0.2) is 0 Å². The van der Waals surface area contributed by atoms with Crippen LogP contribution in [0.15, 0.2) is 18.2 Å². The molecule has 2 fully saturated rings. The number of hydrogen-bond donors (Lipinski definition) is 1. The Balaban J connectivity index is 1.67. The van der Waals surface area contributed by atoms with E-state index in [2.05, 4.69) is 30.4 Å². The lowest BCUT2D eigenvalue weighted by atomic mass is 9.56. The van der Waals surface area contributed by atoms with Crippen molar-refractivity contribution in [2.75, 3.05) is 13.7 Å². The molecule has 2 nitrogen and oxygen atoms in total. The van der Waals surface area contributed by atoms with Crippen molar-refractivity contribution in [1.29, 1.82) is 0 Å². The topological polar surface area (TPSA) is 21.3 Å². The van der Waals surface area contributed by atoms with E-state index < -0.39 is 0 Å². The zero-order valence-corrected chi connectivity index (χ0v) is 13.3. The van der Waals surface area contributed by atoms with Crippen LogP contribution < -0.4 is 10.1 Å². The van der Waals surface area contributed by atoms with Gasteiger partial charge in [-0.2, -0.15) is 0 Å². The highest BCUT2D eigenvalue weighted by molar-refractivity contribution is 5.40. The van der Waals surface area contributed by atoms with Crippen molar-refractivity contribution in [2.45, 2.75) is 56.9 Å². The molecule has 0 aromatic heterocycles. The quantitative estimate of drug-likeness (QED) is 0.845. The minimum Gasteiger partial charge on any atom is -0.497 e. The number of aryl methyl sites for hydroxylation is 1. The van der Waals surface area contributed by atoms with Crippen molar-refractivity contribution >= 4 is 0 Å². The second-order valence-corrected chi connectivity index (χ2v) is 7.51. The molecule has 21 heavy (non-hydrogen) atoms. The minimum absolute atomic E-state index is 0.406. The van der Waals surface area contributed by atoms with Crippen LogP contribution in [0.25, 0.3) is 0 Å². The fraction of sp³-hybridized carbons (Fsp3) is 0.684. The number of nitrogens with one attached hydrogen (secondary N) is 1. The number of methoxy groups -OCH3 is 1. The number of ether oxygens (including phenoxy) is 1. The van der Waals surface area contributed by atoms with Crippen molar-refractivity contribution in [3.05, 3.63) is 29.3 Å². The summed E-state index contributed by atoms with van der Waals surface area (Å²) >= 11 is 0. The van der Waals surface area contributed by atoms with Gasteiger partial charge >= 0.3 is 0 Å². The maximum absolute atomic E-state index is 5.41. The van der Waals surface area contributed by atoms with Crippen molar-refractivity contribution in [1.82, 2.24) is 5.32 Å². The van der Waals surface area contributed by atoms with Crippen LogP contribution in [0.4, 0.5) is 0 Å². The highest BCUT2D eigenvalue weighted by Crippen LogP contribution is 2.53. The van der Waals surface area contributed by atoms with E-state index in [0.717, 1.165) is 23.5 Å². The standard InChI is InChI=1S/C19H27NO/c1-19-10-9-16-15-8-6-14(21-2)12-13(15)5-7-17(16)18(19)4-3-11-20-19/h6,8,12,16-18,20H,3-5,7,9-11H2,1-2H3/t16-,17-,18+,19-/m1/s1. The zero-order valence-electron chi connectivity index (χ0n) is 13.3. The van der Waals surface area contributed by atoms with E-state index >= 15 is 0 Å². The van der Waals surface area contributed by atoms with Gasteiger partial charge in [0.25, 0.3) is 0 Å². The molecule has 1 aliphatic heterocycles. The highest BCUT2D eigenvalue weighted by Gasteiger charge is 2.48. The SMILES string of the molecule is COc1ccc2c(c1)CC[C@@H]1[C@@H]2CC[C@@]2(C)NCCC[C@@H]12. The first-order valence-electron chi connectivity index (χ1n) is 8.63. The van der Waals surface area contributed by atoms with E-state index in [1.54, 1.807) is 18.2 Å². The summed E-state index contributed by atoms with van der Waals surface area (Å²) in [5, 5.41) is 3.85. The maximum Gasteiger partial charge on any atom is 0.119 e. The minimum atomic E-state index is 0.406. The van der Waals surface area contributed by atoms with Gasteiger partial charge in [-0.3, -0.25) is 0 Å².